The molecular formula is C10H18N2O2. The van der Waals surface area contributed by atoms with Gasteiger partial charge in [0, 0.05) is 7.11 Å². The molecule has 1 rings (SSSR count). The lowest BCUT2D eigenvalue weighted by Gasteiger charge is -2.03. The highest BCUT2D eigenvalue weighted by Gasteiger charge is 2.09. The largest absolute Gasteiger partial charge is 0.442 e. The first-order valence-corrected chi connectivity index (χ1v) is 4.96. The summed E-state index contributed by atoms with van der Waals surface area (Å²) in [5.74, 6) is 1.50. The van der Waals surface area contributed by atoms with Crippen molar-refractivity contribution >= 4 is 0 Å². The molecular weight excluding hydrogens is 180 g/mol. The fourth-order valence-corrected chi connectivity index (χ4v) is 1.08. The SMILES string of the molecule is CCCNCc1ncc(C(C)OC)o1. The third-order valence-corrected chi connectivity index (χ3v) is 2.03. The van der Waals surface area contributed by atoms with Crippen LogP contribution in [0.5, 0.6) is 0 Å². The fraction of sp³-hybridized carbons (Fsp3) is 0.700. The van der Waals surface area contributed by atoms with E-state index < -0.39 is 0 Å². The van der Waals surface area contributed by atoms with E-state index in [0.29, 0.717) is 6.54 Å². The maximum Gasteiger partial charge on any atom is 0.208 e. The van der Waals surface area contributed by atoms with E-state index in [1.807, 2.05) is 6.92 Å². The average Bonchev–Trinajstić information content (AvgIpc) is 2.66. The van der Waals surface area contributed by atoms with Gasteiger partial charge in [0.2, 0.25) is 5.89 Å². The Morgan fingerprint density at radius 2 is 2.43 bits per heavy atom. The van der Waals surface area contributed by atoms with Crippen LogP contribution in [0.15, 0.2) is 10.6 Å². The molecule has 1 N–H and O–H groups in total. The topological polar surface area (TPSA) is 47.3 Å². The van der Waals surface area contributed by atoms with Gasteiger partial charge in [0.05, 0.1) is 12.7 Å². The van der Waals surface area contributed by atoms with E-state index in [9.17, 15) is 0 Å². The Morgan fingerprint density at radius 1 is 1.64 bits per heavy atom. The zero-order valence-electron chi connectivity index (χ0n) is 9.04. The highest BCUT2D eigenvalue weighted by Crippen LogP contribution is 2.16. The van der Waals surface area contributed by atoms with Gasteiger partial charge < -0.3 is 14.5 Å². The van der Waals surface area contributed by atoms with Crippen molar-refractivity contribution in [2.24, 2.45) is 0 Å². The number of aromatic nitrogens is 1. The van der Waals surface area contributed by atoms with Gasteiger partial charge in [-0.05, 0) is 19.9 Å². The normalized spacial score (nSPS) is 13.1. The molecule has 0 fully saturated rings. The molecule has 0 spiro atoms. The van der Waals surface area contributed by atoms with Crippen LogP contribution < -0.4 is 5.32 Å². The number of nitrogens with one attached hydrogen (secondary N) is 1. The third kappa shape index (κ3) is 3.12. The minimum Gasteiger partial charge on any atom is -0.442 e. The molecule has 0 radical (unpaired) electrons. The molecule has 0 amide bonds. The smallest absolute Gasteiger partial charge is 0.208 e. The molecule has 4 heteroatoms. The Labute approximate surface area is 84.7 Å². The fourth-order valence-electron chi connectivity index (χ4n) is 1.08. The summed E-state index contributed by atoms with van der Waals surface area (Å²) >= 11 is 0. The Hall–Kier alpha value is -0.870. The molecule has 1 unspecified atom stereocenters. The van der Waals surface area contributed by atoms with Crippen molar-refractivity contribution in [1.82, 2.24) is 10.3 Å². The monoisotopic (exact) mass is 198 g/mol. The summed E-state index contributed by atoms with van der Waals surface area (Å²) in [6, 6.07) is 0. The Kier molecular flexibility index (Phi) is 4.62. The maximum absolute atomic E-state index is 5.48. The predicted molar refractivity (Wildman–Crippen MR) is 53.9 cm³/mol. The number of ether oxygens (including phenoxy) is 1. The lowest BCUT2D eigenvalue weighted by atomic mass is 10.3. The van der Waals surface area contributed by atoms with Crippen LogP contribution in [0.3, 0.4) is 0 Å². The molecule has 1 aromatic heterocycles. The van der Waals surface area contributed by atoms with E-state index in [-0.39, 0.29) is 6.10 Å². The number of nitrogens with zero attached hydrogens (tertiary/aromatic N) is 1. The summed E-state index contributed by atoms with van der Waals surface area (Å²) < 4.78 is 10.6. The van der Waals surface area contributed by atoms with E-state index >= 15 is 0 Å². The van der Waals surface area contributed by atoms with Crippen LogP contribution in [-0.4, -0.2) is 18.6 Å². The van der Waals surface area contributed by atoms with Gasteiger partial charge in [0.1, 0.15) is 6.10 Å². The first-order valence-electron chi connectivity index (χ1n) is 4.96. The van der Waals surface area contributed by atoms with Gasteiger partial charge in [-0.1, -0.05) is 6.92 Å². The van der Waals surface area contributed by atoms with Gasteiger partial charge in [0.15, 0.2) is 5.76 Å². The number of oxazole rings is 1. The predicted octanol–water partition coefficient (Wildman–Crippen LogP) is 1.88. The van der Waals surface area contributed by atoms with E-state index in [1.54, 1.807) is 13.3 Å². The summed E-state index contributed by atoms with van der Waals surface area (Å²) in [7, 11) is 1.65. The summed E-state index contributed by atoms with van der Waals surface area (Å²) in [5, 5.41) is 3.22. The van der Waals surface area contributed by atoms with Crippen LogP contribution >= 0.6 is 0 Å². The van der Waals surface area contributed by atoms with Crippen LogP contribution in [0.1, 0.15) is 38.0 Å². The Balaban J connectivity index is 2.42. The average molecular weight is 198 g/mol. The number of rotatable bonds is 6. The maximum atomic E-state index is 5.48. The van der Waals surface area contributed by atoms with E-state index in [2.05, 4.69) is 17.2 Å². The van der Waals surface area contributed by atoms with Gasteiger partial charge in [-0.15, -0.1) is 0 Å². The molecule has 14 heavy (non-hydrogen) atoms. The highest BCUT2D eigenvalue weighted by molar-refractivity contribution is 4.97. The second-order valence-corrected chi connectivity index (χ2v) is 3.21. The number of methoxy groups -OCH3 is 1. The Bertz CT molecular complexity index is 260. The molecule has 1 aromatic rings. The van der Waals surface area contributed by atoms with Crippen molar-refractivity contribution in [3.63, 3.8) is 0 Å². The van der Waals surface area contributed by atoms with E-state index in [1.165, 1.54) is 0 Å². The van der Waals surface area contributed by atoms with Crippen molar-refractivity contribution in [2.45, 2.75) is 32.9 Å². The van der Waals surface area contributed by atoms with Gasteiger partial charge in [0.25, 0.3) is 0 Å². The van der Waals surface area contributed by atoms with E-state index in [4.69, 9.17) is 9.15 Å². The highest BCUT2D eigenvalue weighted by atomic mass is 16.5. The number of hydrogen-bond acceptors (Lipinski definition) is 4. The van der Waals surface area contributed by atoms with Crippen molar-refractivity contribution in [3.8, 4) is 0 Å². The van der Waals surface area contributed by atoms with Crippen LogP contribution in [0.25, 0.3) is 0 Å². The quantitative estimate of drug-likeness (QED) is 0.709. The lowest BCUT2D eigenvalue weighted by molar-refractivity contribution is 0.0981. The molecule has 1 heterocycles. The summed E-state index contributed by atoms with van der Waals surface area (Å²) in [4.78, 5) is 4.15. The van der Waals surface area contributed by atoms with Gasteiger partial charge in [-0.3, -0.25) is 0 Å². The molecule has 0 bridgehead atoms. The van der Waals surface area contributed by atoms with Crippen LogP contribution in [0, 0.1) is 0 Å². The molecule has 0 aliphatic heterocycles. The minimum absolute atomic E-state index is 0.0255. The zero-order chi connectivity index (χ0) is 10.4. The van der Waals surface area contributed by atoms with Crippen LogP contribution in [0.4, 0.5) is 0 Å². The molecule has 0 aromatic carbocycles. The zero-order valence-corrected chi connectivity index (χ0v) is 9.04. The molecule has 4 nitrogen and oxygen atoms in total. The molecule has 80 valence electrons. The second-order valence-electron chi connectivity index (χ2n) is 3.21. The van der Waals surface area contributed by atoms with Crippen molar-refractivity contribution in [3.05, 3.63) is 17.8 Å². The molecule has 0 saturated carbocycles. The van der Waals surface area contributed by atoms with Gasteiger partial charge in [-0.25, -0.2) is 4.98 Å². The van der Waals surface area contributed by atoms with Gasteiger partial charge in [-0.2, -0.15) is 0 Å². The summed E-state index contributed by atoms with van der Waals surface area (Å²) in [6.07, 6.45) is 2.81. The molecule has 0 saturated heterocycles. The van der Waals surface area contributed by atoms with Crippen molar-refractivity contribution in [1.29, 1.82) is 0 Å². The Morgan fingerprint density at radius 3 is 3.07 bits per heavy atom. The standard InChI is InChI=1S/C10H18N2O2/c1-4-5-11-7-10-12-6-9(14-10)8(2)13-3/h6,8,11H,4-5,7H2,1-3H3. The summed E-state index contributed by atoms with van der Waals surface area (Å²) in [6.45, 7) is 5.73. The van der Waals surface area contributed by atoms with Crippen LogP contribution in [0.2, 0.25) is 0 Å². The van der Waals surface area contributed by atoms with Crippen molar-refractivity contribution in [2.75, 3.05) is 13.7 Å². The van der Waals surface area contributed by atoms with Crippen LogP contribution in [-0.2, 0) is 11.3 Å². The molecule has 1 atom stereocenters. The number of hydrogen-bond donors (Lipinski definition) is 1. The minimum atomic E-state index is -0.0255. The first-order chi connectivity index (χ1) is 6.77. The summed E-state index contributed by atoms with van der Waals surface area (Å²) in [5.41, 5.74) is 0. The lowest BCUT2D eigenvalue weighted by Crippen LogP contribution is -2.13. The van der Waals surface area contributed by atoms with Crippen molar-refractivity contribution < 1.29 is 9.15 Å². The molecule has 0 aliphatic rings. The first kappa shape index (κ1) is 11.2. The molecule has 0 aliphatic carbocycles. The van der Waals surface area contributed by atoms with E-state index in [0.717, 1.165) is 24.6 Å². The third-order valence-electron chi connectivity index (χ3n) is 2.03. The second kappa shape index (κ2) is 5.78. The van der Waals surface area contributed by atoms with Gasteiger partial charge >= 0.3 is 0 Å².